The van der Waals surface area contributed by atoms with Crippen molar-refractivity contribution in [1.82, 2.24) is 15.1 Å². The number of aromatic amines is 1. The van der Waals surface area contributed by atoms with Gasteiger partial charge in [0.25, 0.3) is 0 Å². The lowest BCUT2D eigenvalue weighted by molar-refractivity contribution is -0.132. The first-order valence-electron chi connectivity index (χ1n) is 8.19. The molecule has 0 aliphatic carbocycles. The van der Waals surface area contributed by atoms with Crippen LogP contribution < -0.4 is 0 Å². The summed E-state index contributed by atoms with van der Waals surface area (Å²) in [6.45, 7) is 3.58. The highest BCUT2D eigenvalue weighted by atomic mass is 32.2. The van der Waals surface area contributed by atoms with Crippen LogP contribution in [0.1, 0.15) is 43.4 Å². The fraction of sp³-hybridized carbons (Fsp3) is 0.625. The number of piperidine rings is 1. The van der Waals surface area contributed by atoms with E-state index < -0.39 is 9.84 Å². The maximum Gasteiger partial charge on any atom is 0.223 e. The minimum Gasteiger partial charge on any atom is -0.343 e. The first kappa shape index (κ1) is 16.2. The number of hydrogen-bond acceptors (Lipinski definition) is 4. The number of rotatable bonds is 4. The van der Waals surface area contributed by atoms with E-state index in [0.29, 0.717) is 12.3 Å². The number of aromatic nitrogens is 2. The number of carbonyl (C=O) groups is 1. The van der Waals surface area contributed by atoms with Crippen LogP contribution in [0.25, 0.3) is 0 Å². The van der Waals surface area contributed by atoms with Gasteiger partial charge < -0.3 is 4.90 Å². The first-order valence-corrected chi connectivity index (χ1v) is 9.91. The van der Waals surface area contributed by atoms with E-state index in [2.05, 4.69) is 17.1 Å². The third-order valence-corrected chi connectivity index (χ3v) is 6.29. The number of H-pyrrole nitrogens is 1. The molecule has 1 aromatic heterocycles. The second-order valence-corrected chi connectivity index (χ2v) is 8.37. The molecule has 0 spiro atoms. The van der Waals surface area contributed by atoms with Crippen LogP contribution >= 0.6 is 0 Å². The van der Waals surface area contributed by atoms with Gasteiger partial charge >= 0.3 is 0 Å². The van der Waals surface area contributed by atoms with Crippen molar-refractivity contribution in [3.8, 4) is 0 Å². The summed E-state index contributed by atoms with van der Waals surface area (Å²) in [6.07, 6.45) is 6.66. The van der Waals surface area contributed by atoms with Gasteiger partial charge in [-0.15, -0.1) is 0 Å². The van der Waals surface area contributed by atoms with Gasteiger partial charge in [-0.3, -0.25) is 9.89 Å². The molecular formula is C16H23N3O3S. The van der Waals surface area contributed by atoms with Crippen molar-refractivity contribution in [3.63, 3.8) is 0 Å². The Balaban J connectivity index is 1.53. The molecule has 0 saturated carbocycles. The van der Waals surface area contributed by atoms with Gasteiger partial charge in [0.2, 0.25) is 5.91 Å². The molecule has 7 heteroatoms. The Hall–Kier alpha value is -1.63. The molecule has 1 aromatic rings. The molecule has 6 nitrogen and oxygen atoms in total. The highest BCUT2D eigenvalue weighted by Gasteiger charge is 2.29. The van der Waals surface area contributed by atoms with Crippen LogP contribution in [0.2, 0.25) is 0 Å². The number of nitrogens with one attached hydrogen (secondary N) is 1. The Morgan fingerprint density at radius 2 is 2.13 bits per heavy atom. The predicted molar refractivity (Wildman–Crippen MR) is 87.6 cm³/mol. The molecule has 126 valence electrons. The van der Waals surface area contributed by atoms with Crippen molar-refractivity contribution in [3.05, 3.63) is 28.9 Å². The maximum atomic E-state index is 12.4. The number of aryl methyl sites for hydroxylation is 1. The lowest BCUT2D eigenvalue weighted by Gasteiger charge is -2.32. The van der Waals surface area contributed by atoms with Crippen LogP contribution in [0.3, 0.4) is 0 Å². The highest BCUT2D eigenvalue weighted by molar-refractivity contribution is 7.94. The van der Waals surface area contributed by atoms with E-state index in [1.54, 1.807) is 6.08 Å². The highest BCUT2D eigenvalue weighted by Crippen LogP contribution is 2.30. The molecule has 1 saturated heterocycles. The van der Waals surface area contributed by atoms with Crippen molar-refractivity contribution >= 4 is 15.7 Å². The molecule has 0 radical (unpaired) electrons. The maximum absolute atomic E-state index is 12.4. The largest absolute Gasteiger partial charge is 0.343 e. The molecule has 3 heterocycles. The second kappa shape index (κ2) is 6.47. The van der Waals surface area contributed by atoms with Gasteiger partial charge in [-0.25, -0.2) is 8.42 Å². The average Bonchev–Trinajstić information content (AvgIpc) is 3.13. The van der Waals surface area contributed by atoms with E-state index in [4.69, 9.17) is 0 Å². The van der Waals surface area contributed by atoms with E-state index >= 15 is 0 Å². The number of nitrogens with zero attached hydrogens (tertiary/aromatic N) is 2. The zero-order valence-corrected chi connectivity index (χ0v) is 14.2. The molecule has 0 bridgehead atoms. The van der Waals surface area contributed by atoms with Crippen molar-refractivity contribution in [1.29, 1.82) is 0 Å². The lowest BCUT2D eigenvalue weighted by atomic mass is 9.90. The Kier molecular flexibility index (Phi) is 4.57. The van der Waals surface area contributed by atoms with E-state index in [1.165, 1.54) is 16.7 Å². The third-order valence-electron chi connectivity index (χ3n) is 4.83. The van der Waals surface area contributed by atoms with Crippen LogP contribution in [-0.4, -0.2) is 48.3 Å². The fourth-order valence-corrected chi connectivity index (χ4v) is 4.89. The SMILES string of the molecule is CCc1cn[nH]c1C1CCN(C(=O)C[C@H]2C=CS(=O)(=O)C2)CC1. The number of likely N-dealkylation sites (tertiary alicyclic amines) is 1. The Morgan fingerprint density at radius 1 is 1.39 bits per heavy atom. The average molecular weight is 337 g/mol. The van der Waals surface area contributed by atoms with Gasteiger partial charge in [0.1, 0.15) is 0 Å². The number of amides is 1. The van der Waals surface area contributed by atoms with Crippen LogP contribution in [0, 0.1) is 5.92 Å². The summed E-state index contributed by atoms with van der Waals surface area (Å²) in [5.74, 6) is 0.409. The summed E-state index contributed by atoms with van der Waals surface area (Å²) in [6, 6.07) is 0. The second-order valence-electron chi connectivity index (χ2n) is 6.44. The summed E-state index contributed by atoms with van der Waals surface area (Å²) in [5, 5.41) is 8.48. The van der Waals surface area contributed by atoms with Crippen molar-refractivity contribution in [2.45, 2.75) is 38.5 Å². The summed E-state index contributed by atoms with van der Waals surface area (Å²) >= 11 is 0. The molecule has 3 rings (SSSR count). The molecule has 2 aliphatic heterocycles. The molecule has 2 aliphatic rings. The monoisotopic (exact) mass is 337 g/mol. The number of sulfone groups is 1. The number of allylic oxidation sites excluding steroid dienone is 1. The molecule has 0 aromatic carbocycles. The van der Waals surface area contributed by atoms with E-state index in [1.807, 2.05) is 11.1 Å². The van der Waals surface area contributed by atoms with Crippen LogP contribution in [0.5, 0.6) is 0 Å². The van der Waals surface area contributed by atoms with Crippen LogP contribution in [0.15, 0.2) is 17.7 Å². The zero-order valence-electron chi connectivity index (χ0n) is 13.4. The number of carbonyl (C=O) groups excluding carboxylic acids is 1. The minimum absolute atomic E-state index is 0.0653. The van der Waals surface area contributed by atoms with E-state index in [9.17, 15) is 13.2 Å². The van der Waals surface area contributed by atoms with E-state index in [0.717, 1.165) is 32.4 Å². The summed E-state index contributed by atoms with van der Waals surface area (Å²) in [7, 11) is -3.08. The molecule has 1 amide bonds. The van der Waals surface area contributed by atoms with Gasteiger partial charge in [-0.05, 0) is 24.8 Å². The topological polar surface area (TPSA) is 83.1 Å². The third kappa shape index (κ3) is 3.65. The minimum atomic E-state index is -3.08. The van der Waals surface area contributed by atoms with Crippen LogP contribution in [0.4, 0.5) is 0 Å². The first-order chi connectivity index (χ1) is 11.0. The Morgan fingerprint density at radius 3 is 2.74 bits per heavy atom. The summed E-state index contributed by atoms with van der Waals surface area (Å²) in [5.41, 5.74) is 2.47. The Labute approximate surface area is 136 Å². The zero-order chi connectivity index (χ0) is 16.4. The fourth-order valence-electron chi connectivity index (χ4n) is 3.49. The van der Waals surface area contributed by atoms with Crippen molar-refractivity contribution in [2.75, 3.05) is 18.8 Å². The quantitative estimate of drug-likeness (QED) is 0.905. The van der Waals surface area contributed by atoms with Gasteiger partial charge in [-0.1, -0.05) is 13.0 Å². The molecule has 1 fully saturated rings. The predicted octanol–water partition coefficient (Wildman–Crippen LogP) is 1.63. The van der Waals surface area contributed by atoms with Gasteiger partial charge in [0, 0.05) is 42.4 Å². The smallest absolute Gasteiger partial charge is 0.223 e. The molecule has 0 unspecified atom stereocenters. The van der Waals surface area contributed by atoms with Crippen molar-refractivity contribution < 1.29 is 13.2 Å². The summed E-state index contributed by atoms with van der Waals surface area (Å²) < 4.78 is 22.8. The van der Waals surface area contributed by atoms with Gasteiger partial charge in [-0.2, -0.15) is 5.10 Å². The van der Waals surface area contributed by atoms with E-state index in [-0.39, 0.29) is 17.6 Å². The van der Waals surface area contributed by atoms with Crippen molar-refractivity contribution in [2.24, 2.45) is 5.92 Å². The Bertz CT molecular complexity index is 700. The summed E-state index contributed by atoms with van der Waals surface area (Å²) in [4.78, 5) is 14.2. The number of hydrogen-bond donors (Lipinski definition) is 1. The van der Waals surface area contributed by atoms with Gasteiger partial charge in [0.05, 0.1) is 11.9 Å². The molecular weight excluding hydrogens is 314 g/mol. The van der Waals surface area contributed by atoms with Gasteiger partial charge in [0.15, 0.2) is 9.84 Å². The standard InChI is InChI=1S/C16H23N3O3S/c1-2-13-10-17-18-16(13)14-3-6-19(7-4-14)15(20)9-12-5-8-23(21,22)11-12/h5,8,10,12,14H,2-4,6-7,9,11H2,1H3,(H,17,18)/t12-/m1/s1. The lowest BCUT2D eigenvalue weighted by Crippen LogP contribution is -2.39. The molecule has 1 N–H and O–H groups in total. The van der Waals surface area contributed by atoms with Crippen LogP contribution in [-0.2, 0) is 21.1 Å². The molecule has 23 heavy (non-hydrogen) atoms. The molecule has 1 atom stereocenters. The normalized spacial score (nSPS) is 24.2.